The van der Waals surface area contributed by atoms with Gasteiger partial charge in [0.05, 0.1) is 5.56 Å². The third kappa shape index (κ3) is 6.58. The quantitative estimate of drug-likeness (QED) is 0.546. The fourth-order valence-corrected chi connectivity index (χ4v) is 2.37. The molecule has 0 spiro atoms. The first-order valence-corrected chi connectivity index (χ1v) is 8.54. The largest absolute Gasteiger partial charge is 0.507 e. The Kier molecular flexibility index (Phi) is 9.33. The highest BCUT2D eigenvalue weighted by Gasteiger charge is 2.16. The molecule has 0 aromatic heterocycles. The van der Waals surface area contributed by atoms with Crippen LogP contribution in [0.2, 0.25) is 0 Å². The first-order valence-electron chi connectivity index (χ1n) is 8.54. The number of benzene rings is 2. The molecule has 0 heterocycles. The van der Waals surface area contributed by atoms with Crippen molar-refractivity contribution in [3.8, 4) is 11.5 Å². The molecule has 0 fully saturated rings. The number of esters is 2. The highest BCUT2D eigenvalue weighted by Crippen LogP contribution is 2.24. The Bertz CT molecular complexity index is 747. The Morgan fingerprint density at radius 3 is 2.30 bits per heavy atom. The molecule has 2 aromatic rings. The number of aromatic hydroxyl groups is 1. The number of carbonyl (C=O) groups excluding carboxylic acids is 2. The van der Waals surface area contributed by atoms with Crippen LogP contribution in [-0.4, -0.2) is 48.2 Å². The van der Waals surface area contributed by atoms with Gasteiger partial charge in [-0.05, 0) is 43.4 Å². The molecule has 6 nitrogen and oxygen atoms in total. The Balaban J connectivity index is 0.00000364. The molecule has 0 saturated heterocycles. The number of likely N-dealkylation sites (N-methyl/N-ethyl adjacent to an activating group) is 1. The lowest BCUT2D eigenvalue weighted by Gasteiger charge is -2.17. The van der Waals surface area contributed by atoms with E-state index in [1.165, 1.54) is 18.2 Å². The molecule has 2 rings (SSSR count). The minimum atomic E-state index is -0.660. The maximum absolute atomic E-state index is 12.2. The molecule has 0 atom stereocenters. The Hall–Kier alpha value is -2.57. The van der Waals surface area contributed by atoms with Gasteiger partial charge in [0, 0.05) is 6.54 Å². The van der Waals surface area contributed by atoms with Crippen LogP contribution in [0.25, 0.3) is 0 Å². The van der Waals surface area contributed by atoms with E-state index in [1.807, 2.05) is 13.8 Å². The van der Waals surface area contributed by atoms with E-state index in [2.05, 4.69) is 4.90 Å². The first kappa shape index (κ1) is 22.5. The van der Waals surface area contributed by atoms with Crippen LogP contribution in [-0.2, 0) is 4.74 Å². The summed E-state index contributed by atoms with van der Waals surface area (Å²) in [5.41, 5.74) is 0.354. The van der Waals surface area contributed by atoms with E-state index in [0.29, 0.717) is 12.1 Å². The molecule has 7 heteroatoms. The smallest absolute Gasteiger partial charge is 0.343 e. The molecule has 146 valence electrons. The summed E-state index contributed by atoms with van der Waals surface area (Å²) >= 11 is 0. The second-order valence-corrected chi connectivity index (χ2v) is 5.60. The third-order valence-corrected chi connectivity index (χ3v) is 3.94. The topological polar surface area (TPSA) is 76.1 Å². The summed E-state index contributed by atoms with van der Waals surface area (Å²) in [6, 6.07) is 12.5. The predicted molar refractivity (Wildman–Crippen MR) is 105 cm³/mol. The van der Waals surface area contributed by atoms with Crippen LogP contribution in [0.5, 0.6) is 11.5 Å². The van der Waals surface area contributed by atoms with Crippen LogP contribution in [0.15, 0.2) is 48.5 Å². The Morgan fingerprint density at radius 2 is 1.67 bits per heavy atom. The molecule has 0 amide bonds. The second kappa shape index (κ2) is 11.2. The fourth-order valence-electron chi connectivity index (χ4n) is 2.37. The predicted octanol–water partition coefficient (Wildman–Crippen LogP) is 3.53. The number of carbonyl (C=O) groups is 2. The molecule has 0 saturated carbocycles. The number of rotatable bonds is 8. The van der Waals surface area contributed by atoms with Crippen molar-refractivity contribution in [1.29, 1.82) is 0 Å². The zero-order valence-corrected chi connectivity index (χ0v) is 16.2. The molecule has 0 unspecified atom stereocenters. The van der Waals surface area contributed by atoms with Crippen molar-refractivity contribution >= 4 is 24.3 Å². The average Bonchev–Trinajstić information content (AvgIpc) is 2.67. The van der Waals surface area contributed by atoms with Gasteiger partial charge in [-0.2, -0.15) is 0 Å². The van der Waals surface area contributed by atoms with Gasteiger partial charge in [-0.3, -0.25) is 0 Å². The van der Waals surface area contributed by atoms with Gasteiger partial charge in [0.15, 0.2) is 0 Å². The third-order valence-electron chi connectivity index (χ3n) is 3.94. The zero-order chi connectivity index (χ0) is 18.9. The standard InChI is InChI=1S/C20H23NO5.ClH/c1-3-21(4-2)12-13-25-20(24)17-14-16(10-11-18(17)22)26-19(23)15-8-6-5-7-9-15;/h5-11,14,22H,3-4,12-13H2,1-2H3;1H. The van der Waals surface area contributed by atoms with E-state index < -0.39 is 11.9 Å². The highest BCUT2D eigenvalue weighted by atomic mass is 35.5. The molecule has 0 aliphatic heterocycles. The van der Waals surface area contributed by atoms with E-state index in [-0.39, 0.29) is 36.1 Å². The SMILES string of the molecule is CCN(CC)CCOC(=O)c1cc(OC(=O)c2ccccc2)ccc1O.Cl. The normalized spacial score (nSPS) is 10.2. The number of halogens is 1. The van der Waals surface area contributed by atoms with E-state index >= 15 is 0 Å². The molecule has 0 aliphatic carbocycles. The van der Waals surface area contributed by atoms with Crippen LogP contribution < -0.4 is 4.74 Å². The Labute approximate surface area is 165 Å². The summed E-state index contributed by atoms with van der Waals surface area (Å²) in [5, 5.41) is 9.91. The molecule has 0 bridgehead atoms. The van der Waals surface area contributed by atoms with Crippen molar-refractivity contribution in [3.63, 3.8) is 0 Å². The number of hydrogen-bond acceptors (Lipinski definition) is 6. The average molecular weight is 394 g/mol. The summed E-state index contributed by atoms with van der Waals surface area (Å²) < 4.78 is 10.5. The Morgan fingerprint density at radius 1 is 1.00 bits per heavy atom. The van der Waals surface area contributed by atoms with Crippen LogP contribution in [0.3, 0.4) is 0 Å². The number of nitrogens with zero attached hydrogens (tertiary/aromatic N) is 1. The summed E-state index contributed by atoms with van der Waals surface area (Å²) in [6.07, 6.45) is 0. The minimum absolute atomic E-state index is 0. The van der Waals surface area contributed by atoms with Crippen molar-refractivity contribution in [2.45, 2.75) is 13.8 Å². The highest BCUT2D eigenvalue weighted by molar-refractivity contribution is 5.94. The summed E-state index contributed by atoms with van der Waals surface area (Å²) in [4.78, 5) is 26.4. The van der Waals surface area contributed by atoms with Gasteiger partial charge in [-0.1, -0.05) is 32.0 Å². The molecule has 0 aliphatic rings. The van der Waals surface area contributed by atoms with Gasteiger partial charge in [0.2, 0.25) is 0 Å². The molecular formula is C20H24ClNO5. The lowest BCUT2D eigenvalue weighted by Crippen LogP contribution is -2.27. The van der Waals surface area contributed by atoms with Gasteiger partial charge < -0.3 is 19.5 Å². The zero-order valence-electron chi connectivity index (χ0n) is 15.4. The molecular weight excluding hydrogens is 370 g/mol. The molecule has 1 N–H and O–H groups in total. The van der Waals surface area contributed by atoms with E-state index in [1.54, 1.807) is 30.3 Å². The lowest BCUT2D eigenvalue weighted by atomic mass is 10.2. The van der Waals surface area contributed by atoms with Crippen LogP contribution in [0.1, 0.15) is 34.6 Å². The monoisotopic (exact) mass is 393 g/mol. The first-order chi connectivity index (χ1) is 12.5. The van der Waals surface area contributed by atoms with Crippen LogP contribution >= 0.6 is 12.4 Å². The summed E-state index contributed by atoms with van der Waals surface area (Å²) in [6.45, 7) is 6.62. The van der Waals surface area contributed by atoms with Crippen molar-refractivity contribution in [2.24, 2.45) is 0 Å². The van der Waals surface area contributed by atoms with E-state index in [9.17, 15) is 14.7 Å². The molecule has 27 heavy (non-hydrogen) atoms. The molecule has 0 radical (unpaired) electrons. The van der Waals surface area contributed by atoms with E-state index in [4.69, 9.17) is 9.47 Å². The van der Waals surface area contributed by atoms with Crippen molar-refractivity contribution in [2.75, 3.05) is 26.2 Å². The fraction of sp³-hybridized carbons (Fsp3) is 0.300. The van der Waals surface area contributed by atoms with Gasteiger partial charge in [0.25, 0.3) is 0 Å². The van der Waals surface area contributed by atoms with Crippen LogP contribution in [0, 0.1) is 0 Å². The van der Waals surface area contributed by atoms with Crippen molar-refractivity contribution < 1.29 is 24.2 Å². The minimum Gasteiger partial charge on any atom is -0.507 e. The number of phenols is 1. The lowest BCUT2D eigenvalue weighted by molar-refractivity contribution is 0.0461. The summed E-state index contributed by atoms with van der Waals surface area (Å²) in [7, 11) is 0. The molecule has 2 aromatic carbocycles. The van der Waals surface area contributed by atoms with E-state index in [0.717, 1.165) is 13.1 Å². The van der Waals surface area contributed by atoms with Crippen molar-refractivity contribution in [3.05, 3.63) is 59.7 Å². The van der Waals surface area contributed by atoms with Crippen LogP contribution in [0.4, 0.5) is 0 Å². The van der Waals surface area contributed by atoms with Gasteiger partial charge in [-0.15, -0.1) is 12.4 Å². The number of hydrogen-bond donors (Lipinski definition) is 1. The maximum atomic E-state index is 12.2. The second-order valence-electron chi connectivity index (χ2n) is 5.60. The van der Waals surface area contributed by atoms with Gasteiger partial charge >= 0.3 is 11.9 Å². The maximum Gasteiger partial charge on any atom is 0.343 e. The van der Waals surface area contributed by atoms with Gasteiger partial charge in [0.1, 0.15) is 23.7 Å². The summed E-state index contributed by atoms with van der Waals surface area (Å²) in [5.74, 6) is -1.27. The van der Waals surface area contributed by atoms with Gasteiger partial charge in [-0.25, -0.2) is 9.59 Å². The number of phenolic OH excluding ortho intramolecular Hbond substituents is 1. The van der Waals surface area contributed by atoms with Crippen molar-refractivity contribution in [1.82, 2.24) is 4.90 Å². The number of ether oxygens (including phenoxy) is 2.